The Morgan fingerprint density at radius 3 is 0.750 bits per heavy atom. The molecule has 0 fully saturated rings. The van der Waals surface area contributed by atoms with E-state index in [-0.39, 0.29) is 48.8 Å². The van der Waals surface area contributed by atoms with Gasteiger partial charge in [0.1, 0.15) is 6.11 Å². The Bertz CT molecular complexity index is 68.1. The summed E-state index contributed by atoms with van der Waals surface area (Å²) >= 11 is 0. The van der Waals surface area contributed by atoms with Gasteiger partial charge in [0.05, 0.1) is 0 Å². The van der Waals surface area contributed by atoms with Crippen LogP contribution in [0.25, 0.3) is 0 Å². The van der Waals surface area contributed by atoms with Crippen molar-refractivity contribution in [3.63, 3.8) is 0 Å². The predicted molar refractivity (Wildman–Crippen MR) is 61.8 cm³/mol. The van der Waals surface area contributed by atoms with Crippen LogP contribution in [0.3, 0.4) is 0 Å². The predicted octanol–water partition coefficient (Wildman–Crippen LogP) is -0.0585. The molecule has 0 bridgehead atoms. The Labute approximate surface area is 115 Å². The zero-order chi connectivity index (χ0) is 13.5. The van der Waals surface area contributed by atoms with Crippen molar-refractivity contribution in [1.29, 1.82) is 0 Å². The normalized spacial score (nSPS) is 4.94. The third-order valence-corrected chi connectivity index (χ3v) is 0. The summed E-state index contributed by atoms with van der Waals surface area (Å²) in [5.74, 6) is 0. The van der Waals surface area contributed by atoms with E-state index in [1.165, 1.54) is 6.11 Å². The zero-order valence-corrected chi connectivity index (χ0v) is 12.8. The van der Waals surface area contributed by atoms with Crippen molar-refractivity contribution in [2.45, 2.75) is 27.7 Å². The molecule has 0 spiro atoms. The van der Waals surface area contributed by atoms with Crippen LogP contribution in [0.2, 0.25) is 0 Å². The second kappa shape index (κ2) is 119. The molecule has 0 rings (SSSR count). The quantitative estimate of drug-likeness (QED) is 0.318. The molecule has 5 N–H and O–H groups in total. The molecular formula is C10H26NbO5. The van der Waals surface area contributed by atoms with Gasteiger partial charge in [-0.15, -0.1) is 0 Å². The average molecular weight is 319 g/mol. The van der Waals surface area contributed by atoms with Crippen LogP contribution in [0.5, 0.6) is 0 Å². The summed E-state index contributed by atoms with van der Waals surface area (Å²) in [4.78, 5) is 0. The molecule has 0 saturated carbocycles. The van der Waals surface area contributed by atoms with Crippen molar-refractivity contribution in [2.24, 2.45) is 0 Å². The van der Waals surface area contributed by atoms with Crippen LogP contribution in [0.1, 0.15) is 27.7 Å². The van der Waals surface area contributed by atoms with E-state index in [9.17, 15) is 0 Å². The molecule has 1 radical (unpaired) electrons. The van der Waals surface area contributed by atoms with Crippen LogP contribution in [0.4, 0.5) is 0 Å². The van der Waals surface area contributed by atoms with E-state index in [2.05, 4.69) is 6.42 Å². The molecule has 0 saturated heterocycles. The summed E-state index contributed by atoms with van der Waals surface area (Å²) in [7, 11) is 0. The molecule has 0 aliphatic heterocycles. The number of aliphatic hydroxyl groups is 5. The van der Waals surface area contributed by atoms with Crippen LogP contribution in [0.15, 0.2) is 0 Å². The maximum absolute atomic E-state index is 7.57. The van der Waals surface area contributed by atoms with Gasteiger partial charge in [0.25, 0.3) is 0 Å². The van der Waals surface area contributed by atoms with Crippen LogP contribution in [0, 0.1) is 12.5 Å². The minimum Gasteiger partial charge on any atom is -0.462 e. The molecule has 0 aliphatic carbocycles. The van der Waals surface area contributed by atoms with Gasteiger partial charge < -0.3 is 25.5 Å². The molecule has 6 heteroatoms. The van der Waals surface area contributed by atoms with Crippen molar-refractivity contribution >= 4 is 0 Å². The summed E-state index contributed by atoms with van der Waals surface area (Å²) in [6, 6.07) is 0. The molecule has 0 aliphatic rings. The van der Waals surface area contributed by atoms with Crippen molar-refractivity contribution in [2.75, 3.05) is 26.4 Å². The van der Waals surface area contributed by atoms with E-state index in [1.807, 2.05) is 0 Å². The molecule has 0 amide bonds. The van der Waals surface area contributed by atoms with E-state index in [0.717, 1.165) is 0 Å². The van der Waals surface area contributed by atoms with Gasteiger partial charge in [-0.05, 0) is 27.7 Å². The fraction of sp³-hybridized carbons (Fsp3) is 0.800. The molecule has 0 aromatic rings. The maximum atomic E-state index is 7.57. The molecule has 0 atom stereocenters. The van der Waals surface area contributed by atoms with Crippen molar-refractivity contribution < 1.29 is 47.9 Å². The van der Waals surface area contributed by atoms with Gasteiger partial charge >= 0.3 is 0 Å². The fourth-order valence-corrected chi connectivity index (χ4v) is 0. The summed E-state index contributed by atoms with van der Waals surface area (Å²) < 4.78 is 0. The standard InChI is InChI=1S/4C2H6O.C2H2O.Nb/c5*1-2-3;/h4*3H,2H2,1H3;1,3H;. The smallest absolute Gasteiger partial charge is 0.103 e. The first-order valence-electron chi connectivity index (χ1n) is 4.61. The topological polar surface area (TPSA) is 101 Å². The average Bonchev–Trinajstić information content (AvgIpc) is 2.09. The first kappa shape index (κ1) is 36.0. The first-order valence-corrected chi connectivity index (χ1v) is 4.61. The van der Waals surface area contributed by atoms with E-state index in [4.69, 9.17) is 25.5 Å². The molecular weight excluding hydrogens is 293 g/mol. The van der Waals surface area contributed by atoms with Gasteiger partial charge in [0.2, 0.25) is 0 Å². The van der Waals surface area contributed by atoms with Gasteiger partial charge in [-0.2, -0.15) is 0 Å². The number of aliphatic hydroxyl groups excluding tert-OH is 5. The Kier molecular flexibility index (Phi) is 268. The molecule has 5 nitrogen and oxygen atoms in total. The maximum Gasteiger partial charge on any atom is 0.103 e. The van der Waals surface area contributed by atoms with E-state index >= 15 is 0 Å². The number of terminal acetylenes is 1. The molecule has 0 aromatic carbocycles. The minimum atomic E-state index is 0. The third-order valence-electron chi connectivity index (χ3n) is 0. The van der Waals surface area contributed by atoms with Gasteiger partial charge in [0.15, 0.2) is 0 Å². The van der Waals surface area contributed by atoms with Crippen LogP contribution in [-0.4, -0.2) is 52.0 Å². The zero-order valence-electron chi connectivity index (χ0n) is 10.6. The molecule has 16 heavy (non-hydrogen) atoms. The Balaban J connectivity index is -0.0000000192. The molecule has 0 aromatic heterocycles. The van der Waals surface area contributed by atoms with Crippen molar-refractivity contribution in [3.8, 4) is 12.5 Å². The van der Waals surface area contributed by atoms with Crippen LogP contribution in [-0.2, 0) is 22.4 Å². The van der Waals surface area contributed by atoms with Gasteiger partial charge in [0, 0.05) is 48.8 Å². The Morgan fingerprint density at radius 2 is 0.750 bits per heavy atom. The fourth-order valence-electron chi connectivity index (χ4n) is 0. The Hall–Kier alpha value is -0.0597. The number of hydrogen-bond acceptors (Lipinski definition) is 5. The first-order chi connectivity index (χ1) is 7.07. The summed E-state index contributed by atoms with van der Waals surface area (Å²) in [5.41, 5.74) is 0. The molecule has 0 unspecified atom stereocenters. The van der Waals surface area contributed by atoms with Gasteiger partial charge in [-0.3, -0.25) is 0 Å². The van der Waals surface area contributed by atoms with E-state index in [0.29, 0.717) is 0 Å². The molecule has 0 heterocycles. The summed E-state index contributed by atoms with van der Waals surface area (Å²) in [6.45, 7) is 7.72. The summed E-state index contributed by atoms with van der Waals surface area (Å²) in [5, 5.41) is 37.4. The second-order valence-electron chi connectivity index (χ2n) is 1.39. The van der Waals surface area contributed by atoms with Crippen LogP contribution < -0.4 is 0 Å². The van der Waals surface area contributed by atoms with E-state index in [1.54, 1.807) is 27.7 Å². The molecule has 101 valence electrons. The Morgan fingerprint density at radius 1 is 0.750 bits per heavy atom. The van der Waals surface area contributed by atoms with Crippen molar-refractivity contribution in [3.05, 3.63) is 0 Å². The summed E-state index contributed by atoms with van der Waals surface area (Å²) in [6.07, 6.45) is 5.40. The van der Waals surface area contributed by atoms with Gasteiger partial charge in [-0.25, -0.2) is 0 Å². The van der Waals surface area contributed by atoms with Gasteiger partial charge in [-0.1, -0.05) is 6.42 Å². The van der Waals surface area contributed by atoms with Crippen molar-refractivity contribution in [1.82, 2.24) is 0 Å². The van der Waals surface area contributed by atoms with E-state index < -0.39 is 0 Å². The number of rotatable bonds is 0. The largest absolute Gasteiger partial charge is 0.462 e. The number of hydrogen-bond donors (Lipinski definition) is 5. The third kappa shape index (κ3) is 654000. The SMILES string of the molecule is C#CO.CCO.CCO.CCO.CCO.[Nb]. The monoisotopic (exact) mass is 319 g/mol. The minimum absolute atomic E-state index is 0. The second-order valence-corrected chi connectivity index (χ2v) is 1.39. The van der Waals surface area contributed by atoms with Crippen LogP contribution >= 0.6 is 0 Å².